The summed E-state index contributed by atoms with van der Waals surface area (Å²) >= 11 is 6.18. The Balaban J connectivity index is 2.16. The molecule has 2 nitrogen and oxygen atoms in total. The summed E-state index contributed by atoms with van der Waals surface area (Å²) in [6.45, 7) is 0. The summed E-state index contributed by atoms with van der Waals surface area (Å²) in [6.07, 6.45) is 4.85. The van der Waals surface area contributed by atoms with Gasteiger partial charge in [-0.15, -0.1) is 0 Å². The van der Waals surface area contributed by atoms with Crippen LogP contribution in [0.1, 0.15) is 31.2 Å². The number of aliphatic hydroxyl groups excluding tert-OH is 1. The van der Waals surface area contributed by atoms with Gasteiger partial charge in [0.05, 0.1) is 6.10 Å². The van der Waals surface area contributed by atoms with Crippen LogP contribution in [0.15, 0.2) is 24.3 Å². The van der Waals surface area contributed by atoms with E-state index in [0.29, 0.717) is 6.42 Å². The van der Waals surface area contributed by atoms with Crippen molar-refractivity contribution >= 4 is 11.6 Å². The van der Waals surface area contributed by atoms with Crippen molar-refractivity contribution in [2.45, 2.75) is 43.7 Å². The fourth-order valence-corrected chi connectivity index (χ4v) is 3.34. The molecule has 1 saturated carbocycles. The summed E-state index contributed by atoms with van der Waals surface area (Å²) < 4.78 is 0. The van der Waals surface area contributed by atoms with E-state index in [2.05, 4.69) is 19.0 Å². The Bertz CT molecular complexity index is 399. The maximum atomic E-state index is 10.6. The average molecular weight is 268 g/mol. The van der Waals surface area contributed by atoms with Crippen molar-refractivity contribution in [3.8, 4) is 0 Å². The molecule has 1 aromatic rings. The van der Waals surface area contributed by atoms with Crippen LogP contribution in [0.2, 0.25) is 5.02 Å². The van der Waals surface area contributed by atoms with Gasteiger partial charge in [0.2, 0.25) is 0 Å². The molecule has 100 valence electrons. The molecule has 0 spiro atoms. The number of halogens is 1. The average Bonchev–Trinajstić information content (AvgIpc) is 2.82. The van der Waals surface area contributed by atoms with Crippen LogP contribution in [0.3, 0.4) is 0 Å². The second-order valence-corrected chi connectivity index (χ2v) is 5.92. The van der Waals surface area contributed by atoms with Crippen LogP contribution < -0.4 is 0 Å². The van der Waals surface area contributed by atoms with E-state index in [4.69, 9.17) is 11.6 Å². The molecular weight excluding hydrogens is 246 g/mol. The van der Waals surface area contributed by atoms with Crippen LogP contribution >= 0.6 is 11.6 Å². The molecule has 0 heterocycles. The third kappa shape index (κ3) is 2.56. The van der Waals surface area contributed by atoms with Crippen molar-refractivity contribution < 1.29 is 5.11 Å². The van der Waals surface area contributed by atoms with Crippen molar-refractivity contribution in [3.05, 3.63) is 34.9 Å². The van der Waals surface area contributed by atoms with Gasteiger partial charge in [0.15, 0.2) is 0 Å². The largest absolute Gasteiger partial charge is 0.391 e. The van der Waals surface area contributed by atoms with Gasteiger partial charge >= 0.3 is 0 Å². The lowest BCUT2D eigenvalue weighted by molar-refractivity contribution is -0.00249. The Kier molecular flexibility index (Phi) is 4.31. The highest BCUT2D eigenvalue weighted by atomic mass is 35.5. The van der Waals surface area contributed by atoms with Crippen molar-refractivity contribution in [1.82, 2.24) is 4.90 Å². The fraction of sp³-hybridized carbons (Fsp3) is 0.600. The van der Waals surface area contributed by atoms with Gasteiger partial charge in [-0.1, -0.05) is 42.6 Å². The first-order valence-corrected chi connectivity index (χ1v) is 7.03. The molecule has 2 rings (SSSR count). The number of likely N-dealkylation sites (N-methyl/N-ethyl adjacent to an activating group) is 1. The summed E-state index contributed by atoms with van der Waals surface area (Å²) in [5.41, 5.74) is 0.971. The number of hydrogen-bond acceptors (Lipinski definition) is 2. The molecule has 3 heteroatoms. The number of hydrogen-bond donors (Lipinski definition) is 1. The summed E-state index contributed by atoms with van der Waals surface area (Å²) in [4.78, 5) is 2.20. The van der Waals surface area contributed by atoms with Crippen molar-refractivity contribution in [1.29, 1.82) is 0 Å². The molecular formula is C15H22ClNO. The van der Waals surface area contributed by atoms with E-state index in [-0.39, 0.29) is 11.6 Å². The molecule has 0 aliphatic heterocycles. The van der Waals surface area contributed by atoms with Crippen molar-refractivity contribution in [2.24, 2.45) is 0 Å². The summed E-state index contributed by atoms with van der Waals surface area (Å²) in [7, 11) is 4.14. The molecule has 1 fully saturated rings. The minimum absolute atomic E-state index is 0.0703. The lowest BCUT2D eigenvalue weighted by atomic mass is 9.85. The quantitative estimate of drug-likeness (QED) is 0.906. The molecule has 1 N–H and O–H groups in total. The van der Waals surface area contributed by atoms with Gasteiger partial charge in [0.1, 0.15) is 0 Å². The van der Waals surface area contributed by atoms with E-state index in [0.717, 1.165) is 23.4 Å². The zero-order valence-electron chi connectivity index (χ0n) is 11.2. The predicted molar refractivity (Wildman–Crippen MR) is 76.0 cm³/mol. The predicted octanol–water partition coefficient (Wildman–Crippen LogP) is 3.12. The van der Waals surface area contributed by atoms with E-state index >= 15 is 0 Å². The third-order valence-electron chi connectivity index (χ3n) is 4.35. The molecule has 1 aliphatic carbocycles. The van der Waals surface area contributed by atoms with Gasteiger partial charge in [-0.05, 0) is 38.6 Å². The van der Waals surface area contributed by atoms with E-state index in [1.54, 1.807) is 0 Å². The highest BCUT2D eigenvalue weighted by molar-refractivity contribution is 6.31. The minimum Gasteiger partial charge on any atom is -0.391 e. The maximum Gasteiger partial charge on any atom is 0.0764 e. The summed E-state index contributed by atoms with van der Waals surface area (Å²) in [5, 5.41) is 11.4. The standard InChI is InChI=1S/C15H22ClNO/c1-17(2)15(9-5-6-10-15)14(18)11-12-7-3-4-8-13(12)16/h3-4,7-8,14,18H,5-6,9-11H2,1-2H3. The molecule has 18 heavy (non-hydrogen) atoms. The highest BCUT2D eigenvalue weighted by Gasteiger charge is 2.42. The van der Waals surface area contributed by atoms with Gasteiger partial charge in [0, 0.05) is 17.0 Å². The van der Waals surface area contributed by atoms with E-state index in [1.165, 1.54) is 12.8 Å². The number of benzene rings is 1. The van der Waals surface area contributed by atoms with Crippen LogP contribution in [0.4, 0.5) is 0 Å². The first kappa shape index (κ1) is 13.9. The lowest BCUT2D eigenvalue weighted by Crippen LogP contribution is -2.52. The Morgan fingerprint density at radius 1 is 1.28 bits per heavy atom. The molecule has 1 aromatic carbocycles. The molecule has 0 radical (unpaired) electrons. The molecule has 0 bridgehead atoms. The van der Waals surface area contributed by atoms with Gasteiger partial charge in [-0.2, -0.15) is 0 Å². The van der Waals surface area contributed by atoms with E-state index in [9.17, 15) is 5.11 Å². The van der Waals surface area contributed by atoms with Crippen LogP contribution in [-0.4, -0.2) is 35.7 Å². The number of nitrogens with zero attached hydrogens (tertiary/aromatic N) is 1. The normalized spacial score (nSPS) is 20.3. The Morgan fingerprint density at radius 3 is 2.44 bits per heavy atom. The van der Waals surface area contributed by atoms with E-state index in [1.807, 2.05) is 24.3 Å². The van der Waals surface area contributed by atoms with Crippen LogP contribution in [0.25, 0.3) is 0 Å². The highest BCUT2D eigenvalue weighted by Crippen LogP contribution is 2.38. The van der Waals surface area contributed by atoms with Crippen molar-refractivity contribution in [2.75, 3.05) is 14.1 Å². The minimum atomic E-state index is -0.352. The summed E-state index contributed by atoms with van der Waals surface area (Å²) in [6, 6.07) is 7.80. The molecule has 1 unspecified atom stereocenters. The summed E-state index contributed by atoms with van der Waals surface area (Å²) in [5.74, 6) is 0. The zero-order valence-corrected chi connectivity index (χ0v) is 12.0. The molecule has 0 amide bonds. The Morgan fingerprint density at radius 2 is 1.89 bits per heavy atom. The first-order valence-electron chi connectivity index (χ1n) is 6.65. The second kappa shape index (κ2) is 5.60. The fourth-order valence-electron chi connectivity index (χ4n) is 3.13. The lowest BCUT2D eigenvalue weighted by Gasteiger charge is -2.40. The van der Waals surface area contributed by atoms with Crippen LogP contribution in [-0.2, 0) is 6.42 Å². The van der Waals surface area contributed by atoms with Gasteiger partial charge in [-0.3, -0.25) is 0 Å². The zero-order chi connectivity index (χ0) is 13.2. The maximum absolute atomic E-state index is 10.6. The smallest absolute Gasteiger partial charge is 0.0764 e. The van der Waals surface area contributed by atoms with Gasteiger partial charge in [0.25, 0.3) is 0 Å². The molecule has 0 saturated heterocycles. The topological polar surface area (TPSA) is 23.5 Å². The Hall–Kier alpha value is -0.570. The van der Waals surface area contributed by atoms with E-state index < -0.39 is 0 Å². The van der Waals surface area contributed by atoms with Crippen LogP contribution in [0, 0.1) is 0 Å². The first-order chi connectivity index (χ1) is 8.56. The Labute approximate surface area is 115 Å². The molecule has 1 aliphatic rings. The molecule has 0 aromatic heterocycles. The van der Waals surface area contributed by atoms with Crippen LogP contribution in [0.5, 0.6) is 0 Å². The number of rotatable bonds is 4. The van der Waals surface area contributed by atoms with Crippen molar-refractivity contribution in [3.63, 3.8) is 0 Å². The third-order valence-corrected chi connectivity index (χ3v) is 4.72. The molecule has 1 atom stereocenters. The number of aliphatic hydroxyl groups is 1. The monoisotopic (exact) mass is 267 g/mol. The van der Waals surface area contributed by atoms with Gasteiger partial charge < -0.3 is 10.0 Å². The van der Waals surface area contributed by atoms with Gasteiger partial charge in [-0.25, -0.2) is 0 Å². The second-order valence-electron chi connectivity index (χ2n) is 5.52. The SMILES string of the molecule is CN(C)C1(C(O)Cc2ccccc2Cl)CCCC1.